The molecule has 0 bridgehead atoms. The summed E-state index contributed by atoms with van der Waals surface area (Å²) in [4.78, 5) is 15.6. The molecule has 1 fully saturated rings. The van der Waals surface area contributed by atoms with Gasteiger partial charge in [-0.05, 0) is 19.1 Å². The second-order valence-corrected chi connectivity index (χ2v) is 6.97. The van der Waals surface area contributed by atoms with Gasteiger partial charge in [-0.2, -0.15) is 10.1 Å². The zero-order valence-corrected chi connectivity index (χ0v) is 20.0. The highest BCUT2D eigenvalue weighted by Gasteiger charge is 2.25. The predicted octanol–water partition coefficient (Wildman–Crippen LogP) is 2.06. The first-order valence-corrected chi connectivity index (χ1v) is 10.1. The van der Waals surface area contributed by atoms with E-state index in [0.29, 0.717) is 37.0 Å². The second kappa shape index (κ2) is 11.2. The molecule has 0 aliphatic carbocycles. The summed E-state index contributed by atoms with van der Waals surface area (Å²) in [6, 6.07) is 5.58. The number of hydrogen-bond acceptors (Lipinski definition) is 7. The molecule has 4 rings (SSSR count). The molecule has 1 unspecified atom stereocenters. The standard InChI is InChI=1S/C20H26N8O2.HI/c1-3-21-20(28-10-11-29-17(14-28)15-12-24-27(2)13-15)23-9-7-18-25-19(30-26-18)16-6-4-5-8-22-16;/h4-6,8,12-13,17H,3,7,9-11,14H2,1-2H3,(H,21,23);1H. The van der Waals surface area contributed by atoms with Crippen molar-refractivity contribution in [3.05, 3.63) is 48.2 Å². The van der Waals surface area contributed by atoms with Crippen molar-refractivity contribution >= 4 is 29.9 Å². The Labute approximate surface area is 198 Å². The highest BCUT2D eigenvalue weighted by atomic mass is 127. The summed E-state index contributed by atoms with van der Waals surface area (Å²) in [6.45, 7) is 5.56. The van der Waals surface area contributed by atoms with Crippen molar-refractivity contribution in [2.75, 3.05) is 32.8 Å². The third-order valence-electron chi connectivity index (χ3n) is 4.75. The summed E-state index contributed by atoms with van der Waals surface area (Å²) in [7, 11) is 1.91. The zero-order valence-electron chi connectivity index (χ0n) is 17.6. The summed E-state index contributed by atoms with van der Waals surface area (Å²) in [5, 5.41) is 11.7. The van der Waals surface area contributed by atoms with Crippen LogP contribution in [0, 0.1) is 0 Å². The molecule has 0 amide bonds. The van der Waals surface area contributed by atoms with Crippen LogP contribution in [0.4, 0.5) is 0 Å². The minimum absolute atomic E-state index is 0. The van der Waals surface area contributed by atoms with Crippen molar-refractivity contribution in [2.45, 2.75) is 19.4 Å². The van der Waals surface area contributed by atoms with Gasteiger partial charge in [0.05, 0.1) is 19.3 Å². The summed E-state index contributed by atoms with van der Waals surface area (Å²) in [5.41, 5.74) is 1.75. The smallest absolute Gasteiger partial charge is 0.276 e. The molecule has 11 heteroatoms. The molecule has 31 heavy (non-hydrogen) atoms. The molecule has 3 aromatic heterocycles. The number of aryl methyl sites for hydroxylation is 1. The number of rotatable bonds is 6. The van der Waals surface area contributed by atoms with E-state index in [-0.39, 0.29) is 30.1 Å². The van der Waals surface area contributed by atoms with E-state index in [1.54, 1.807) is 10.9 Å². The third kappa shape index (κ3) is 6.00. The maximum atomic E-state index is 5.94. The number of hydrogen-bond donors (Lipinski definition) is 1. The van der Waals surface area contributed by atoms with E-state index in [2.05, 4.69) is 37.4 Å². The van der Waals surface area contributed by atoms with Gasteiger partial charge in [0.25, 0.3) is 5.89 Å². The Kier molecular flexibility index (Phi) is 8.35. The van der Waals surface area contributed by atoms with Gasteiger partial charge in [0.2, 0.25) is 0 Å². The first-order valence-electron chi connectivity index (χ1n) is 10.1. The lowest BCUT2D eigenvalue weighted by atomic mass is 10.1. The molecule has 1 atom stereocenters. The van der Waals surface area contributed by atoms with Crippen molar-refractivity contribution in [1.29, 1.82) is 0 Å². The van der Waals surface area contributed by atoms with Crippen molar-refractivity contribution < 1.29 is 9.26 Å². The van der Waals surface area contributed by atoms with Crippen LogP contribution in [-0.2, 0) is 18.2 Å². The molecule has 1 N–H and O–H groups in total. The van der Waals surface area contributed by atoms with Crippen LogP contribution in [0.2, 0.25) is 0 Å². The highest BCUT2D eigenvalue weighted by Crippen LogP contribution is 2.21. The summed E-state index contributed by atoms with van der Waals surface area (Å²) in [6.07, 6.45) is 6.12. The van der Waals surface area contributed by atoms with Crippen LogP contribution in [0.25, 0.3) is 11.6 Å². The SMILES string of the molecule is CCNC(=NCCc1noc(-c2ccccn2)n1)N1CCOC(c2cnn(C)c2)C1.I. The van der Waals surface area contributed by atoms with Crippen molar-refractivity contribution in [2.24, 2.45) is 12.0 Å². The third-order valence-corrected chi connectivity index (χ3v) is 4.75. The van der Waals surface area contributed by atoms with Gasteiger partial charge in [0, 0.05) is 51.1 Å². The number of nitrogens with zero attached hydrogens (tertiary/aromatic N) is 7. The van der Waals surface area contributed by atoms with Crippen molar-refractivity contribution in [3.63, 3.8) is 0 Å². The first kappa shape index (κ1) is 23.1. The van der Waals surface area contributed by atoms with Gasteiger partial charge < -0.3 is 19.5 Å². The Bertz CT molecular complexity index is 974. The molecule has 1 aliphatic heterocycles. The molecule has 1 saturated heterocycles. The van der Waals surface area contributed by atoms with E-state index < -0.39 is 0 Å². The fraction of sp³-hybridized carbons (Fsp3) is 0.450. The van der Waals surface area contributed by atoms with Gasteiger partial charge in [0.1, 0.15) is 11.8 Å². The van der Waals surface area contributed by atoms with E-state index in [0.717, 1.165) is 31.2 Å². The molecular formula is C20H27IN8O2. The van der Waals surface area contributed by atoms with Crippen LogP contribution in [-0.4, -0.2) is 68.6 Å². The van der Waals surface area contributed by atoms with Gasteiger partial charge in [-0.25, -0.2) is 0 Å². The van der Waals surface area contributed by atoms with Crippen LogP contribution in [0.5, 0.6) is 0 Å². The Hall–Kier alpha value is -2.54. The van der Waals surface area contributed by atoms with Crippen LogP contribution >= 0.6 is 24.0 Å². The number of aromatic nitrogens is 5. The van der Waals surface area contributed by atoms with E-state index in [9.17, 15) is 0 Å². The Morgan fingerprint density at radius 2 is 2.26 bits per heavy atom. The number of pyridine rings is 1. The number of nitrogens with one attached hydrogen (secondary N) is 1. The Morgan fingerprint density at radius 3 is 3.00 bits per heavy atom. The lowest BCUT2D eigenvalue weighted by molar-refractivity contribution is -0.00803. The largest absolute Gasteiger partial charge is 0.370 e. The fourth-order valence-electron chi connectivity index (χ4n) is 3.29. The maximum absolute atomic E-state index is 5.94. The van der Waals surface area contributed by atoms with Gasteiger partial charge in [-0.3, -0.25) is 14.7 Å². The fourth-order valence-corrected chi connectivity index (χ4v) is 3.29. The van der Waals surface area contributed by atoms with Crippen LogP contribution < -0.4 is 5.32 Å². The quantitative estimate of drug-likeness (QED) is 0.289. The van der Waals surface area contributed by atoms with Crippen molar-refractivity contribution in [1.82, 2.24) is 35.1 Å². The average Bonchev–Trinajstić information content (AvgIpc) is 3.43. The number of halogens is 1. The Morgan fingerprint density at radius 1 is 1.35 bits per heavy atom. The van der Waals surface area contributed by atoms with Crippen LogP contribution in [0.1, 0.15) is 24.4 Å². The summed E-state index contributed by atoms with van der Waals surface area (Å²) in [5.74, 6) is 1.91. The molecule has 0 spiro atoms. The number of ether oxygens (including phenoxy) is 1. The minimum Gasteiger partial charge on any atom is -0.370 e. The van der Waals surface area contributed by atoms with E-state index in [1.165, 1.54) is 0 Å². The van der Waals surface area contributed by atoms with Gasteiger partial charge in [-0.15, -0.1) is 24.0 Å². The normalized spacial score (nSPS) is 16.8. The van der Waals surface area contributed by atoms with Crippen LogP contribution in [0.3, 0.4) is 0 Å². The molecular weight excluding hydrogens is 511 g/mol. The molecule has 3 aromatic rings. The number of morpholine rings is 1. The topological polar surface area (TPSA) is 106 Å². The van der Waals surface area contributed by atoms with E-state index >= 15 is 0 Å². The van der Waals surface area contributed by atoms with E-state index in [4.69, 9.17) is 14.3 Å². The van der Waals surface area contributed by atoms with Gasteiger partial charge >= 0.3 is 0 Å². The molecule has 0 radical (unpaired) electrons. The molecule has 1 aliphatic rings. The second-order valence-electron chi connectivity index (χ2n) is 6.97. The molecule has 0 saturated carbocycles. The lowest BCUT2D eigenvalue weighted by Crippen LogP contribution is -2.48. The molecule has 4 heterocycles. The molecule has 166 valence electrons. The zero-order chi connectivity index (χ0) is 20.8. The summed E-state index contributed by atoms with van der Waals surface area (Å²) >= 11 is 0. The Balaban J connectivity index is 0.00000272. The van der Waals surface area contributed by atoms with Crippen LogP contribution in [0.15, 0.2) is 46.3 Å². The monoisotopic (exact) mass is 538 g/mol. The number of guanidine groups is 1. The highest BCUT2D eigenvalue weighted by molar-refractivity contribution is 14.0. The first-order chi connectivity index (χ1) is 14.7. The van der Waals surface area contributed by atoms with Crippen molar-refractivity contribution in [3.8, 4) is 11.6 Å². The van der Waals surface area contributed by atoms with Gasteiger partial charge in [0.15, 0.2) is 11.8 Å². The maximum Gasteiger partial charge on any atom is 0.276 e. The van der Waals surface area contributed by atoms with Gasteiger partial charge in [-0.1, -0.05) is 11.2 Å². The number of aliphatic imine (C=N–C) groups is 1. The minimum atomic E-state index is -0.0190. The average molecular weight is 538 g/mol. The van der Waals surface area contributed by atoms with E-state index in [1.807, 2.05) is 37.6 Å². The lowest BCUT2D eigenvalue weighted by Gasteiger charge is -2.34. The summed E-state index contributed by atoms with van der Waals surface area (Å²) < 4.78 is 13.0. The molecule has 0 aromatic carbocycles. The predicted molar refractivity (Wildman–Crippen MR) is 126 cm³/mol. The molecule has 10 nitrogen and oxygen atoms in total.